The molecule has 0 fully saturated rings. The molecule has 0 aliphatic heterocycles. The first-order valence-electron chi connectivity index (χ1n) is 11.2. The normalized spacial score (nSPS) is 13.6. The van der Waals surface area contributed by atoms with Crippen LogP contribution in [0.5, 0.6) is 0 Å². The summed E-state index contributed by atoms with van der Waals surface area (Å²) in [7, 11) is -2.34. The van der Waals surface area contributed by atoms with E-state index in [4.69, 9.17) is 13.9 Å². The number of carbonyl (C=O) groups excluding carboxylic acids is 2. The molecule has 2 aromatic carbocycles. The van der Waals surface area contributed by atoms with E-state index in [-0.39, 0.29) is 24.5 Å². The Labute approximate surface area is 202 Å². The van der Waals surface area contributed by atoms with Crippen molar-refractivity contribution in [2.24, 2.45) is 0 Å². The van der Waals surface area contributed by atoms with E-state index in [1.165, 1.54) is 0 Å². The first-order valence-corrected chi connectivity index (χ1v) is 14.1. The third-order valence-corrected chi connectivity index (χ3v) is 10.4. The number of carboxylic acid groups (broad SMARTS) is 1. The Morgan fingerprint density at radius 1 is 0.912 bits per heavy atom. The molecule has 0 aliphatic carbocycles. The minimum absolute atomic E-state index is 0.0384. The molecule has 0 aliphatic rings. The lowest BCUT2D eigenvalue weighted by Crippen LogP contribution is -2.45. The smallest absolute Gasteiger partial charge is 0.352 e. The summed E-state index contributed by atoms with van der Waals surface area (Å²) in [4.78, 5) is 37.1. The number of aliphatic carboxylic acids is 1. The largest absolute Gasteiger partial charge is 0.481 e. The van der Waals surface area contributed by atoms with Crippen molar-refractivity contribution in [1.82, 2.24) is 0 Å². The lowest BCUT2D eigenvalue weighted by atomic mass is 10.1. The first-order chi connectivity index (χ1) is 15.9. The van der Waals surface area contributed by atoms with Crippen LogP contribution in [-0.4, -0.2) is 37.4 Å². The third-order valence-electron chi connectivity index (χ3n) is 5.85. The van der Waals surface area contributed by atoms with Gasteiger partial charge in [0, 0.05) is 5.56 Å². The average molecular weight is 487 g/mol. The summed E-state index contributed by atoms with van der Waals surface area (Å²) < 4.78 is 17.1. The summed E-state index contributed by atoms with van der Waals surface area (Å²) in [5.41, 5.74) is 1.27. The predicted molar refractivity (Wildman–Crippen MR) is 130 cm³/mol. The number of rotatable bonds is 11. The van der Waals surface area contributed by atoms with Gasteiger partial charge in [0.2, 0.25) is 6.10 Å². The monoisotopic (exact) mass is 486 g/mol. The molecule has 34 heavy (non-hydrogen) atoms. The van der Waals surface area contributed by atoms with Crippen LogP contribution in [-0.2, 0) is 34.9 Å². The van der Waals surface area contributed by atoms with Gasteiger partial charge in [-0.3, -0.25) is 9.59 Å². The van der Waals surface area contributed by atoms with Crippen molar-refractivity contribution in [3.8, 4) is 0 Å². The second-order valence-electron chi connectivity index (χ2n) is 9.68. The summed E-state index contributed by atoms with van der Waals surface area (Å²) in [6, 6.07) is 17.8. The summed E-state index contributed by atoms with van der Waals surface area (Å²) in [6.45, 7) is 10.1. The molecule has 1 N–H and O–H groups in total. The van der Waals surface area contributed by atoms with Crippen molar-refractivity contribution < 1.29 is 33.4 Å². The second kappa shape index (κ2) is 11.9. The van der Waals surface area contributed by atoms with Crippen LogP contribution in [0.25, 0.3) is 0 Å². The highest BCUT2D eigenvalue weighted by Gasteiger charge is 2.40. The predicted octanol–water partition coefficient (Wildman–Crippen LogP) is 5.27. The first kappa shape index (κ1) is 27.3. The maximum Gasteiger partial charge on any atom is 0.352 e. The molecule has 0 spiro atoms. The van der Waals surface area contributed by atoms with Gasteiger partial charge >= 0.3 is 17.9 Å². The lowest BCUT2D eigenvalue weighted by molar-refractivity contribution is -0.170. The minimum atomic E-state index is -2.34. The van der Waals surface area contributed by atoms with Gasteiger partial charge < -0.3 is 19.0 Å². The van der Waals surface area contributed by atoms with Crippen molar-refractivity contribution in [3.63, 3.8) is 0 Å². The number of carboxylic acids is 1. The zero-order valence-electron chi connectivity index (χ0n) is 20.4. The van der Waals surface area contributed by atoms with Crippen molar-refractivity contribution in [2.45, 2.75) is 70.6 Å². The van der Waals surface area contributed by atoms with E-state index < -0.39 is 38.4 Å². The Morgan fingerprint density at radius 3 is 2.00 bits per heavy atom. The summed E-state index contributed by atoms with van der Waals surface area (Å²) in [5.74, 6) is -2.50. The fourth-order valence-electron chi connectivity index (χ4n) is 2.99. The van der Waals surface area contributed by atoms with E-state index in [0.29, 0.717) is 5.56 Å². The topological polar surface area (TPSA) is 99.1 Å². The molecule has 0 aromatic heterocycles. The molecule has 0 saturated heterocycles. The van der Waals surface area contributed by atoms with Gasteiger partial charge in [-0.05, 0) is 23.7 Å². The molecule has 2 aromatic rings. The number of ether oxygens (including phenoxy) is 2. The van der Waals surface area contributed by atoms with Gasteiger partial charge in [-0.2, -0.15) is 0 Å². The zero-order valence-corrected chi connectivity index (χ0v) is 21.4. The van der Waals surface area contributed by atoms with Crippen LogP contribution in [0, 0.1) is 0 Å². The highest BCUT2D eigenvalue weighted by Crippen LogP contribution is 2.38. The molecule has 0 radical (unpaired) electrons. The average Bonchev–Trinajstić information content (AvgIpc) is 2.75. The van der Waals surface area contributed by atoms with Gasteiger partial charge in [-0.15, -0.1) is 0 Å². The zero-order chi connectivity index (χ0) is 25.4. The standard InChI is InChI=1S/C26H34O7Si/c1-26(2,3)34(4,5)33-21(16-22(27)28)17-23(29)32-24(20-14-10-7-11-15-20)25(30)31-18-19-12-8-6-9-13-19/h6-15,21,24H,16-18H2,1-5H3,(H,27,28)/t21-,24-/m1/s1. The molecular formula is C26H34O7Si. The van der Waals surface area contributed by atoms with Crippen molar-refractivity contribution in [3.05, 3.63) is 71.8 Å². The molecular weight excluding hydrogens is 452 g/mol. The van der Waals surface area contributed by atoms with Crippen molar-refractivity contribution in [2.75, 3.05) is 0 Å². The van der Waals surface area contributed by atoms with Gasteiger partial charge in [0.05, 0.1) is 18.9 Å². The Kier molecular flexibility index (Phi) is 9.58. The maximum absolute atomic E-state index is 12.9. The lowest BCUT2D eigenvalue weighted by Gasteiger charge is -2.38. The van der Waals surface area contributed by atoms with E-state index in [1.807, 2.05) is 64.2 Å². The van der Waals surface area contributed by atoms with E-state index in [1.54, 1.807) is 30.3 Å². The molecule has 8 heteroatoms. The summed E-state index contributed by atoms with van der Waals surface area (Å²) in [6.07, 6.45) is -2.75. The highest BCUT2D eigenvalue weighted by molar-refractivity contribution is 6.74. The molecule has 0 amide bonds. The van der Waals surface area contributed by atoms with Crippen LogP contribution >= 0.6 is 0 Å². The Balaban J connectivity index is 2.14. The quantitative estimate of drug-likeness (QED) is 0.341. The van der Waals surface area contributed by atoms with E-state index in [9.17, 15) is 19.5 Å². The van der Waals surface area contributed by atoms with E-state index in [2.05, 4.69) is 0 Å². The van der Waals surface area contributed by atoms with Crippen LogP contribution < -0.4 is 0 Å². The summed E-state index contributed by atoms with van der Waals surface area (Å²) >= 11 is 0. The molecule has 0 bridgehead atoms. The number of carbonyl (C=O) groups is 3. The van der Waals surface area contributed by atoms with Gasteiger partial charge in [0.1, 0.15) is 6.61 Å². The maximum atomic E-state index is 12.9. The number of esters is 2. The Morgan fingerprint density at radius 2 is 1.47 bits per heavy atom. The van der Waals surface area contributed by atoms with Crippen molar-refractivity contribution >= 4 is 26.2 Å². The molecule has 0 heterocycles. The SMILES string of the molecule is CC(C)(C)[Si](C)(C)O[C@H](CC(=O)O)CC(=O)O[C@@H](C(=O)OCc1ccccc1)c1ccccc1. The Hall–Kier alpha value is -2.97. The van der Waals surface area contributed by atoms with Crippen LogP contribution in [0.3, 0.4) is 0 Å². The summed E-state index contributed by atoms with van der Waals surface area (Å²) in [5, 5.41) is 9.17. The van der Waals surface area contributed by atoms with Crippen LogP contribution in [0.15, 0.2) is 60.7 Å². The van der Waals surface area contributed by atoms with Gasteiger partial charge in [0.25, 0.3) is 0 Å². The van der Waals surface area contributed by atoms with E-state index in [0.717, 1.165) is 5.56 Å². The fourth-order valence-corrected chi connectivity index (χ4v) is 4.35. The number of benzene rings is 2. The molecule has 0 saturated carbocycles. The molecule has 7 nitrogen and oxygen atoms in total. The van der Waals surface area contributed by atoms with Crippen LogP contribution in [0.1, 0.15) is 50.8 Å². The van der Waals surface area contributed by atoms with Crippen LogP contribution in [0.2, 0.25) is 18.1 Å². The van der Waals surface area contributed by atoms with Gasteiger partial charge in [0.15, 0.2) is 8.32 Å². The van der Waals surface area contributed by atoms with Crippen molar-refractivity contribution in [1.29, 1.82) is 0 Å². The second-order valence-corrected chi connectivity index (χ2v) is 14.4. The van der Waals surface area contributed by atoms with Gasteiger partial charge in [-0.1, -0.05) is 81.4 Å². The van der Waals surface area contributed by atoms with E-state index >= 15 is 0 Å². The Bertz CT molecular complexity index is 952. The molecule has 2 atom stereocenters. The fraction of sp³-hybridized carbons (Fsp3) is 0.423. The number of hydrogen-bond donors (Lipinski definition) is 1. The highest BCUT2D eigenvalue weighted by atomic mass is 28.4. The minimum Gasteiger partial charge on any atom is -0.481 e. The van der Waals surface area contributed by atoms with Gasteiger partial charge in [-0.25, -0.2) is 4.79 Å². The van der Waals surface area contributed by atoms with Crippen LogP contribution in [0.4, 0.5) is 0 Å². The molecule has 0 unspecified atom stereocenters. The third kappa shape index (κ3) is 8.42. The molecule has 184 valence electrons. The molecule has 2 rings (SSSR count). The number of hydrogen-bond acceptors (Lipinski definition) is 6.